The zero-order valence-electron chi connectivity index (χ0n) is 43.3. The monoisotopic (exact) mass is 904 g/mol. The molecule has 0 aromatic rings. The maximum absolute atomic E-state index is 12.5. The average Bonchev–Trinajstić information content (AvgIpc) is 3.29. The van der Waals surface area contributed by atoms with E-state index in [4.69, 9.17) is 4.74 Å². The summed E-state index contributed by atoms with van der Waals surface area (Å²) in [6, 6.07) is -0.635. The molecular formula is C58H113NO5. The quantitative estimate of drug-likeness (QED) is 0.0321. The third-order valence-electron chi connectivity index (χ3n) is 13.6. The van der Waals surface area contributed by atoms with E-state index in [1.54, 1.807) is 6.08 Å². The fraction of sp³-hybridized carbons (Fsp3) is 0.931. The SMILES string of the molecule is CCCCCCCCCCCCCCCCCCC/C=C/C(O)C(CO)NC(=O)CCCCCCCCCCCCCCCCOC(=O)CCCCCCCCCCCCCCCC. The van der Waals surface area contributed by atoms with E-state index >= 15 is 0 Å². The van der Waals surface area contributed by atoms with Crippen molar-refractivity contribution in [2.45, 2.75) is 334 Å². The van der Waals surface area contributed by atoms with Crippen LogP contribution in [0.3, 0.4) is 0 Å². The lowest BCUT2D eigenvalue weighted by Crippen LogP contribution is -2.45. The van der Waals surface area contributed by atoms with Gasteiger partial charge in [0.05, 0.1) is 25.4 Å². The van der Waals surface area contributed by atoms with Crippen LogP contribution in [0, 0.1) is 0 Å². The molecule has 6 heteroatoms. The predicted molar refractivity (Wildman–Crippen MR) is 278 cm³/mol. The Morgan fingerprint density at radius 3 is 1.06 bits per heavy atom. The summed E-state index contributed by atoms with van der Waals surface area (Å²) in [5, 5.41) is 23.1. The van der Waals surface area contributed by atoms with Crippen LogP contribution in [0.15, 0.2) is 12.2 Å². The summed E-state index contributed by atoms with van der Waals surface area (Å²) in [5.41, 5.74) is 0. The minimum Gasteiger partial charge on any atom is -0.466 e. The standard InChI is InChI=1S/C58H113NO5/c1-3-5-7-9-11-13-15-17-19-20-21-22-23-26-30-34-38-42-46-50-56(61)55(54-60)59-57(62)51-47-43-39-35-31-27-24-25-29-33-37-41-45-49-53-64-58(63)52-48-44-40-36-32-28-18-16-14-12-10-8-6-4-2/h46,50,55-56,60-61H,3-45,47-49,51-54H2,1-2H3,(H,59,62)/b50-46+. The molecular weight excluding hydrogens is 791 g/mol. The van der Waals surface area contributed by atoms with Gasteiger partial charge in [0.15, 0.2) is 0 Å². The van der Waals surface area contributed by atoms with Crippen molar-refractivity contribution in [3.8, 4) is 0 Å². The molecule has 2 unspecified atom stereocenters. The van der Waals surface area contributed by atoms with Gasteiger partial charge >= 0.3 is 5.97 Å². The molecule has 3 N–H and O–H groups in total. The number of unbranched alkanes of at least 4 members (excludes halogenated alkanes) is 43. The van der Waals surface area contributed by atoms with Gasteiger partial charge in [-0.05, 0) is 32.1 Å². The summed E-state index contributed by atoms with van der Waals surface area (Å²) in [6.45, 7) is 4.91. The Bertz CT molecular complexity index is 955. The second-order valence-electron chi connectivity index (χ2n) is 20.0. The second-order valence-corrected chi connectivity index (χ2v) is 20.0. The Hall–Kier alpha value is -1.40. The minimum absolute atomic E-state index is 0.000466. The van der Waals surface area contributed by atoms with Gasteiger partial charge in [-0.3, -0.25) is 9.59 Å². The van der Waals surface area contributed by atoms with Crippen LogP contribution in [-0.2, 0) is 14.3 Å². The van der Waals surface area contributed by atoms with E-state index in [0.717, 1.165) is 57.8 Å². The van der Waals surface area contributed by atoms with Crippen molar-refractivity contribution >= 4 is 11.9 Å². The third kappa shape index (κ3) is 50.0. The normalized spacial score (nSPS) is 12.6. The summed E-state index contributed by atoms with van der Waals surface area (Å²) in [6.07, 6.45) is 63.7. The highest BCUT2D eigenvalue weighted by molar-refractivity contribution is 5.76. The zero-order valence-corrected chi connectivity index (χ0v) is 43.3. The van der Waals surface area contributed by atoms with Crippen LogP contribution in [0.4, 0.5) is 0 Å². The lowest BCUT2D eigenvalue weighted by Gasteiger charge is -2.20. The number of hydrogen-bond acceptors (Lipinski definition) is 5. The van der Waals surface area contributed by atoms with E-state index in [0.29, 0.717) is 19.4 Å². The topological polar surface area (TPSA) is 95.9 Å². The van der Waals surface area contributed by atoms with E-state index < -0.39 is 12.1 Å². The van der Waals surface area contributed by atoms with Gasteiger partial charge in [0.1, 0.15) is 0 Å². The number of allylic oxidation sites excluding steroid dienone is 1. The van der Waals surface area contributed by atoms with E-state index in [1.807, 2.05) is 6.08 Å². The number of amides is 1. The van der Waals surface area contributed by atoms with Gasteiger partial charge in [-0.15, -0.1) is 0 Å². The molecule has 0 aromatic carbocycles. The Labute approximate surface area is 399 Å². The third-order valence-corrected chi connectivity index (χ3v) is 13.6. The molecule has 0 saturated carbocycles. The van der Waals surface area contributed by atoms with Crippen LogP contribution in [0.25, 0.3) is 0 Å². The number of rotatable bonds is 54. The molecule has 64 heavy (non-hydrogen) atoms. The lowest BCUT2D eigenvalue weighted by atomic mass is 10.0. The lowest BCUT2D eigenvalue weighted by molar-refractivity contribution is -0.143. The van der Waals surface area contributed by atoms with Gasteiger partial charge in [0.25, 0.3) is 0 Å². The summed E-state index contributed by atoms with van der Waals surface area (Å²) in [7, 11) is 0. The van der Waals surface area contributed by atoms with Crippen LogP contribution in [-0.4, -0.2) is 47.4 Å². The summed E-state index contributed by atoms with van der Waals surface area (Å²) < 4.78 is 5.47. The van der Waals surface area contributed by atoms with Crippen molar-refractivity contribution in [3.63, 3.8) is 0 Å². The number of ether oxygens (including phenoxy) is 1. The molecule has 6 nitrogen and oxygen atoms in total. The van der Waals surface area contributed by atoms with E-state index in [-0.39, 0.29) is 18.5 Å². The molecule has 0 heterocycles. The van der Waals surface area contributed by atoms with Gasteiger partial charge in [-0.25, -0.2) is 0 Å². The molecule has 0 aliphatic heterocycles. The fourth-order valence-corrected chi connectivity index (χ4v) is 9.11. The van der Waals surface area contributed by atoms with Gasteiger partial charge in [0.2, 0.25) is 5.91 Å². The first-order valence-corrected chi connectivity index (χ1v) is 29.0. The van der Waals surface area contributed by atoms with E-state index in [9.17, 15) is 19.8 Å². The van der Waals surface area contributed by atoms with Crippen LogP contribution in [0.1, 0.15) is 322 Å². The molecule has 0 fully saturated rings. The second kappa shape index (κ2) is 54.2. The van der Waals surface area contributed by atoms with Crippen LogP contribution in [0.5, 0.6) is 0 Å². The molecule has 0 bridgehead atoms. The molecule has 0 radical (unpaired) electrons. The summed E-state index contributed by atoms with van der Waals surface area (Å²) >= 11 is 0. The van der Waals surface area contributed by atoms with Crippen molar-refractivity contribution in [2.24, 2.45) is 0 Å². The van der Waals surface area contributed by atoms with Crippen LogP contribution in [0.2, 0.25) is 0 Å². The van der Waals surface area contributed by atoms with Crippen molar-refractivity contribution in [1.29, 1.82) is 0 Å². The Kier molecular flexibility index (Phi) is 53.0. The molecule has 0 aliphatic rings. The number of aliphatic hydroxyl groups excluding tert-OH is 2. The highest BCUT2D eigenvalue weighted by Gasteiger charge is 2.18. The highest BCUT2D eigenvalue weighted by atomic mass is 16.5. The van der Waals surface area contributed by atoms with Gasteiger partial charge in [-0.1, -0.05) is 289 Å². The number of esters is 1. The minimum atomic E-state index is -0.851. The van der Waals surface area contributed by atoms with E-state index in [1.165, 1.54) is 238 Å². The average molecular weight is 905 g/mol. The molecule has 0 spiro atoms. The molecule has 0 rings (SSSR count). The molecule has 1 amide bonds. The van der Waals surface area contributed by atoms with Crippen LogP contribution < -0.4 is 5.32 Å². The maximum Gasteiger partial charge on any atom is 0.305 e. The van der Waals surface area contributed by atoms with Crippen molar-refractivity contribution in [1.82, 2.24) is 5.32 Å². The largest absolute Gasteiger partial charge is 0.466 e. The van der Waals surface area contributed by atoms with Gasteiger partial charge in [0, 0.05) is 12.8 Å². The zero-order chi connectivity index (χ0) is 46.5. The molecule has 0 saturated heterocycles. The number of carbonyl (C=O) groups excluding carboxylic acids is 2. The van der Waals surface area contributed by atoms with Crippen LogP contribution >= 0.6 is 0 Å². The Balaban J connectivity index is 3.46. The molecule has 0 aromatic heterocycles. The Morgan fingerprint density at radius 2 is 0.719 bits per heavy atom. The first-order valence-electron chi connectivity index (χ1n) is 29.0. The highest BCUT2D eigenvalue weighted by Crippen LogP contribution is 2.17. The first kappa shape index (κ1) is 62.6. The molecule has 0 aliphatic carbocycles. The maximum atomic E-state index is 12.5. The Morgan fingerprint density at radius 1 is 0.422 bits per heavy atom. The smallest absolute Gasteiger partial charge is 0.305 e. The summed E-state index contributed by atoms with van der Waals surface area (Å²) in [4.78, 5) is 24.5. The number of aliphatic hydroxyl groups is 2. The number of carbonyl (C=O) groups is 2. The number of nitrogens with one attached hydrogen (secondary N) is 1. The van der Waals surface area contributed by atoms with Gasteiger partial charge < -0.3 is 20.3 Å². The predicted octanol–water partition coefficient (Wildman–Crippen LogP) is 17.7. The number of hydrogen-bond donors (Lipinski definition) is 3. The first-order chi connectivity index (χ1) is 31.5. The van der Waals surface area contributed by atoms with Crippen molar-refractivity contribution in [2.75, 3.05) is 13.2 Å². The van der Waals surface area contributed by atoms with Crippen molar-refractivity contribution in [3.05, 3.63) is 12.2 Å². The van der Waals surface area contributed by atoms with Gasteiger partial charge in [-0.2, -0.15) is 0 Å². The molecule has 2 atom stereocenters. The van der Waals surface area contributed by atoms with Crippen molar-refractivity contribution < 1.29 is 24.5 Å². The fourth-order valence-electron chi connectivity index (χ4n) is 9.11. The van der Waals surface area contributed by atoms with E-state index in [2.05, 4.69) is 19.2 Å². The molecule has 380 valence electrons. The summed E-state index contributed by atoms with van der Waals surface area (Å²) in [5.74, 6) is -0.0758.